The molecule has 106 valence electrons. The fraction of sp³-hybridized carbons (Fsp3) is 0.500. The summed E-state index contributed by atoms with van der Waals surface area (Å²) in [5, 5.41) is 3.33. The van der Waals surface area contributed by atoms with Crippen LogP contribution in [0.2, 0.25) is 0 Å². The van der Waals surface area contributed by atoms with Crippen LogP contribution in [-0.2, 0) is 0 Å². The van der Waals surface area contributed by atoms with Crippen molar-refractivity contribution in [2.75, 3.05) is 26.7 Å². The van der Waals surface area contributed by atoms with Crippen LogP contribution in [0.1, 0.15) is 22.8 Å². The second kappa shape index (κ2) is 6.78. The summed E-state index contributed by atoms with van der Waals surface area (Å²) < 4.78 is 5.26. The van der Waals surface area contributed by atoms with Crippen molar-refractivity contribution in [1.82, 2.24) is 10.2 Å². The lowest BCUT2D eigenvalue weighted by Gasteiger charge is -2.32. The average molecular weight is 285 g/mol. The Hall–Kier alpha value is -1.26. The van der Waals surface area contributed by atoms with Gasteiger partial charge in [-0.25, -0.2) is 0 Å². The Morgan fingerprint density at radius 1 is 1.47 bits per heavy atom. The quantitative estimate of drug-likeness (QED) is 0.901. The number of carbonyl (C=O) groups is 1. The first-order valence-electron chi connectivity index (χ1n) is 6.29. The Kier molecular flexibility index (Phi) is 5.63. The molecule has 1 aromatic carbocycles. The molecular formula is C14H21ClN2O2. The second-order valence-corrected chi connectivity index (χ2v) is 4.79. The number of hydrogen-bond donors (Lipinski definition) is 1. The van der Waals surface area contributed by atoms with E-state index in [0.717, 1.165) is 30.9 Å². The molecule has 0 radical (unpaired) electrons. The number of methoxy groups -OCH3 is 1. The van der Waals surface area contributed by atoms with Crippen molar-refractivity contribution in [3.05, 3.63) is 29.3 Å². The summed E-state index contributed by atoms with van der Waals surface area (Å²) >= 11 is 0. The second-order valence-electron chi connectivity index (χ2n) is 4.79. The Labute approximate surface area is 120 Å². The fourth-order valence-electron chi connectivity index (χ4n) is 2.25. The van der Waals surface area contributed by atoms with Gasteiger partial charge in [0, 0.05) is 31.2 Å². The number of nitrogens with zero attached hydrogens (tertiary/aromatic N) is 1. The number of piperazine rings is 1. The van der Waals surface area contributed by atoms with Gasteiger partial charge in [-0.15, -0.1) is 12.4 Å². The molecule has 0 saturated carbocycles. The molecule has 0 spiro atoms. The first-order valence-corrected chi connectivity index (χ1v) is 6.29. The van der Waals surface area contributed by atoms with Crippen LogP contribution in [0.3, 0.4) is 0 Å². The van der Waals surface area contributed by atoms with Crippen LogP contribution >= 0.6 is 12.4 Å². The third-order valence-corrected chi connectivity index (χ3v) is 3.31. The van der Waals surface area contributed by atoms with Gasteiger partial charge >= 0.3 is 0 Å². The van der Waals surface area contributed by atoms with Gasteiger partial charge in [0.05, 0.1) is 7.11 Å². The Morgan fingerprint density at radius 3 is 2.84 bits per heavy atom. The smallest absolute Gasteiger partial charge is 0.254 e. The van der Waals surface area contributed by atoms with Gasteiger partial charge in [-0.2, -0.15) is 0 Å². The summed E-state index contributed by atoms with van der Waals surface area (Å²) in [6, 6.07) is 5.98. The number of ether oxygens (including phenoxy) is 1. The zero-order valence-electron chi connectivity index (χ0n) is 11.6. The minimum Gasteiger partial charge on any atom is -0.496 e. The molecule has 1 N–H and O–H groups in total. The zero-order chi connectivity index (χ0) is 13.1. The monoisotopic (exact) mass is 284 g/mol. The molecule has 1 aliphatic heterocycles. The van der Waals surface area contributed by atoms with Gasteiger partial charge in [-0.05, 0) is 31.5 Å². The molecule has 1 aromatic rings. The summed E-state index contributed by atoms with van der Waals surface area (Å²) in [6.45, 7) is 6.44. The predicted molar refractivity (Wildman–Crippen MR) is 78.3 cm³/mol. The standard InChI is InChI=1S/C14H20N2O2.ClH/c1-10-4-5-12(8-13(10)18-3)14(17)16-7-6-15-11(2)9-16;/h4-5,8,11,15H,6-7,9H2,1-3H3;1H/t11-;/m1./s1. The number of carbonyl (C=O) groups excluding carboxylic acids is 1. The number of nitrogens with one attached hydrogen (secondary N) is 1. The van der Waals surface area contributed by atoms with Crippen molar-refractivity contribution in [2.24, 2.45) is 0 Å². The van der Waals surface area contributed by atoms with Crippen molar-refractivity contribution in [1.29, 1.82) is 0 Å². The van der Waals surface area contributed by atoms with Crippen LogP contribution in [0.25, 0.3) is 0 Å². The van der Waals surface area contributed by atoms with Crippen molar-refractivity contribution in [3.8, 4) is 5.75 Å². The molecule has 1 amide bonds. The lowest BCUT2D eigenvalue weighted by Crippen LogP contribution is -2.51. The van der Waals surface area contributed by atoms with Gasteiger partial charge in [0.15, 0.2) is 0 Å². The largest absolute Gasteiger partial charge is 0.496 e. The summed E-state index contributed by atoms with van der Waals surface area (Å²) in [4.78, 5) is 14.3. The number of hydrogen-bond acceptors (Lipinski definition) is 3. The Balaban J connectivity index is 0.00000180. The molecule has 1 fully saturated rings. The molecule has 4 nitrogen and oxygen atoms in total. The maximum absolute atomic E-state index is 12.4. The average Bonchev–Trinajstić information content (AvgIpc) is 2.38. The molecule has 1 aliphatic rings. The van der Waals surface area contributed by atoms with E-state index < -0.39 is 0 Å². The topological polar surface area (TPSA) is 41.6 Å². The lowest BCUT2D eigenvalue weighted by molar-refractivity contribution is 0.0708. The number of aryl methyl sites for hydroxylation is 1. The van der Waals surface area contributed by atoms with Crippen LogP contribution in [0.4, 0.5) is 0 Å². The van der Waals surface area contributed by atoms with E-state index in [2.05, 4.69) is 12.2 Å². The summed E-state index contributed by atoms with van der Waals surface area (Å²) in [5.41, 5.74) is 1.74. The first kappa shape index (κ1) is 15.8. The fourth-order valence-corrected chi connectivity index (χ4v) is 2.25. The molecular weight excluding hydrogens is 264 g/mol. The van der Waals surface area contributed by atoms with E-state index in [4.69, 9.17) is 4.74 Å². The van der Waals surface area contributed by atoms with Crippen LogP contribution in [0, 0.1) is 6.92 Å². The van der Waals surface area contributed by atoms with Gasteiger partial charge < -0.3 is 15.0 Å². The Bertz CT molecular complexity index is 451. The number of benzene rings is 1. The number of halogens is 1. The third kappa shape index (κ3) is 3.61. The molecule has 5 heteroatoms. The highest BCUT2D eigenvalue weighted by atomic mass is 35.5. The van der Waals surface area contributed by atoms with Crippen LogP contribution in [0.5, 0.6) is 5.75 Å². The summed E-state index contributed by atoms with van der Waals surface area (Å²) in [5.74, 6) is 0.852. The highest BCUT2D eigenvalue weighted by Crippen LogP contribution is 2.20. The Morgan fingerprint density at radius 2 is 2.21 bits per heavy atom. The highest BCUT2D eigenvalue weighted by molar-refractivity contribution is 5.94. The minimum absolute atomic E-state index is 0. The number of rotatable bonds is 2. The van der Waals surface area contributed by atoms with Gasteiger partial charge in [0.25, 0.3) is 5.91 Å². The van der Waals surface area contributed by atoms with Crippen molar-refractivity contribution in [2.45, 2.75) is 19.9 Å². The van der Waals surface area contributed by atoms with Crippen LogP contribution < -0.4 is 10.1 Å². The van der Waals surface area contributed by atoms with Gasteiger partial charge in [-0.3, -0.25) is 4.79 Å². The SMILES string of the molecule is COc1cc(C(=O)N2CCN[C@H](C)C2)ccc1C.Cl. The van der Waals surface area contributed by atoms with E-state index >= 15 is 0 Å². The maximum atomic E-state index is 12.4. The van der Waals surface area contributed by atoms with Crippen LogP contribution in [0.15, 0.2) is 18.2 Å². The first-order chi connectivity index (χ1) is 8.61. The van der Waals surface area contributed by atoms with E-state index in [1.165, 1.54) is 0 Å². The van der Waals surface area contributed by atoms with Crippen molar-refractivity contribution < 1.29 is 9.53 Å². The highest BCUT2D eigenvalue weighted by Gasteiger charge is 2.22. The maximum Gasteiger partial charge on any atom is 0.254 e. The van der Waals surface area contributed by atoms with Crippen molar-refractivity contribution in [3.63, 3.8) is 0 Å². The molecule has 0 aromatic heterocycles. The summed E-state index contributed by atoms with van der Waals surface area (Å²) in [6.07, 6.45) is 0. The van der Waals surface area contributed by atoms with Crippen molar-refractivity contribution >= 4 is 18.3 Å². The minimum atomic E-state index is 0. The van der Waals surface area contributed by atoms with Crippen LogP contribution in [-0.4, -0.2) is 43.6 Å². The normalized spacial score (nSPS) is 18.7. The molecule has 0 bridgehead atoms. The van der Waals surface area contributed by atoms with E-state index in [0.29, 0.717) is 11.6 Å². The molecule has 19 heavy (non-hydrogen) atoms. The lowest BCUT2D eigenvalue weighted by atomic mass is 10.1. The predicted octanol–water partition coefficient (Wildman–Crippen LogP) is 1.86. The third-order valence-electron chi connectivity index (χ3n) is 3.31. The summed E-state index contributed by atoms with van der Waals surface area (Å²) in [7, 11) is 1.63. The number of amides is 1. The van der Waals surface area contributed by atoms with E-state index in [9.17, 15) is 4.79 Å². The molecule has 0 aliphatic carbocycles. The van der Waals surface area contributed by atoms with E-state index in [-0.39, 0.29) is 18.3 Å². The molecule has 2 rings (SSSR count). The molecule has 1 heterocycles. The zero-order valence-corrected chi connectivity index (χ0v) is 12.4. The van der Waals surface area contributed by atoms with Gasteiger partial charge in [-0.1, -0.05) is 6.07 Å². The molecule has 1 atom stereocenters. The van der Waals surface area contributed by atoms with Gasteiger partial charge in [0.2, 0.25) is 0 Å². The van der Waals surface area contributed by atoms with Gasteiger partial charge in [0.1, 0.15) is 5.75 Å². The van der Waals surface area contributed by atoms with E-state index in [1.807, 2.05) is 30.0 Å². The van der Waals surface area contributed by atoms with E-state index in [1.54, 1.807) is 7.11 Å². The molecule has 1 saturated heterocycles. The molecule has 0 unspecified atom stereocenters.